The second kappa shape index (κ2) is 12.1. The zero-order valence-corrected chi connectivity index (χ0v) is 15.7. The lowest BCUT2D eigenvalue weighted by molar-refractivity contribution is 0.106. The molecule has 0 radical (unpaired) electrons. The number of hydrogen-bond acceptors (Lipinski definition) is 3. The summed E-state index contributed by atoms with van der Waals surface area (Å²) < 4.78 is 11.0. The highest BCUT2D eigenvalue weighted by atomic mass is 16.5. The summed E-state index contributed by atoms with van der Waals surface area (Å²) in [5.41, 5.74) is 3.52. The van der Waals surface area contributed by atoms with Crippen LogP contribution in [0.5, 0.6) is 0 Å². The van der Waals surface area contributed by atoms with Crippen LogP contribution in [0.3, 0.4) is 0 Å². The number of benzene rings is 2. The number of aliphatic imine (C=N–C) groups is 1. The third-order valence-electron chi connectivity index (χ3n) is 3.84. The Bertz CT molecular complexity index is 659. The molecule has 0 unspecified atom stereocenters. The quantitative estimate of drug-likeness (QED) is 0.391. The SMILES string of the molecule is CCNC(=NCc1ccccc1COCc1ccccc1)NCCOC. The lowest BCUT2D eigenvalue weighted by atomic mass is 10.1. The van der Waals surface area contributed by atoms with Gasteiger partial charge in [-0.05, 0) is 23.6 Å². The molecule has 0 fully saturated rings. The van der Waals surface area contributed by atoms with Gasteiger partial charge in [-0.2, -0.15) is 0 Å². The molecule has 0 aliphatic rings. The molecular weight excluding hydrogens is 326 g/mol. The van der Waals surface area contributed by atoms with E-state index in [-0.39, 0.29) is 0 Å². The molecule has 0 bridgehead atoms. The average Bonchev–Trinajstić information content (AvgIpc) is 2.68. The highest BCUT2D eigenvalue weighted by Gasteiger charge is 2.03. The molecule has 2 N–H and O–H groups in total. The summed E-state index contributed by atoms with van der Waals surface area (Å²) in [5, 5.41) is 6.51. The third-order valence-corrected chi connectivity index (χ3v) is 3.84. The first kappa shape index (κ1) is 19.9. The molecular formula is C21H29N3O2. The molecule has 0 aromatic heterocycles. The van der Waals surface area contributed by atoms with Crippen molar-refractivity contribution in [3.63, 3.8) is 0 Å². The summed E-state index contributed by atoms with van der Waals surface area (Å²) in [4.78, 5) is 4.67. The normalized spacial score (nSPS) is 11.4. The maximum absolute atomic E-state index is 5.88. The molecule has 140 valence electrons. The van der Waals surface area contributed by atoms with Crippen molar-refractivity contribution >= 4 is 5.96 Å². The first-order valence-corrected chi connectivity index (χ1v) is 9.03. The summed E-state index contributed by atoms with van der Waals surface area (Å²) in [6.07, 6.45) is 0. The number of methoxy groups -OCH3 is 1. The molecule has 0 amide bonds. The smallest absolute Gasteiger partial charge is 0.191 e. The van der Waals surface area contributed by atoms with E-state index in [1.165, 1.54) is 16.7 Å². The van der Waals surface area contributed by atoms with Crippen LogP contribution in [0.15, 0.2) is 59.6 Å². The van der Waals surface area contributed by atoms with Gasteiger partial charge in [-0.15, -0.1) is 0 Å². The minimum Gasteiger partial charge on any atom is -0.383 e. The van der Waals surface area contributed by atoms with Crippen molar-refractivity contribution in [1.82, 2.24) is 10.6 Å². The lowest BCUT2D eigenvalue weighted by Crippen LogP contribution is -2.38. The largest absolute Gasteiger partial charge is 0.383 e. The van der Waals surface area contributed by atoms with E-state index >= 15 is 0 Å². The predicted octanol–water partition coefficient (Wildman–Crippen LogP) is 3.10. The van der Waals surface area contributed by atoms with Gasteiger partial charge in [0.05, 0.1) is 26.4 Å². The van der Waals surface area contributed by atoms with Crippen molar-refractivity contribution in [2.24, 2.45) is 4.99 Å². The molecule has 0 heterocycles. The molecule has 5 nitrogen and oxygen atoms in total. The minimum atomic E-state index is 0.578. The third kappa shape index (κ3) is 7.25. The van der Waals surface area contributed by atoms with E-state index in [0.29, 0.717) is 26.4 Å². The molecule has 2 aromatic carbocycles. The molecule has 0 atom stereocenters. The molecule has 26 heavy (non-hydrogen) atoms. The number of ether oxygens (including phenoxy) is 2. The topological polar surface area (TPSA) is 54.9 Å². The Labute approximate surface area is 156 Å². The van der Waals surface area contributed by atoms with Crippen LogP contribution in [-0.2, 0) is 29.2 Å². The van der Waals surface area contributed by atoms with Gasteiger partial charge in [0, 0.05) is 20.2 Å². The van der Waals surface area contributed by atoms with E-state index in [2.05, 4.69) is 46.8 Å². The molecule has 2 rings (SSSR count). The molecule has 0 saturated heterocycles. The van der Waals surface area contributed by atoms with Crippen molar-refractivity contribution in [2.75, 3.05) is 26.8 Å². The average molecular weight is 355 g/mol. The second-order valence-electron chi connectivity index (χ2n) is 5.86. The number of nitrogens with one attached hydrogen (secondary N) is 2. The highest BCUT2D eigenvalue weighted by molar-refractivity contribution is 5.79. The Kier molecular flexibility index (Phi) is 9.25. The van der Waals surface area contributed by atoms with Gasteiger partial charge in [-0.1, -0.05) is 54.6 Å². The molecule has 0 spiro atoms. The first-order valence-electron chi connectivity index (χ1n) is 9.03. The van der Waals surface area contributed by atoms with Gasteiger partial charge < -0.3 is 20.1 Å². The van der Waals surface area contributed by atoms with Crippen LogP contribution in [0.2, 0.25) is 0 Å². The van der Waals surface area contributed by atoms with Crippen molar-refractivity contribution in [3.05, 3.63) is 71.3 Å². The van der Waals surface area contributed by atoms with E-state index in [0.717, 1.165) is 19.0 Å². The van der Waals surface area contributed by atoms with Crippen molar-refractivity contribution in [2.45, 2.75) is 26.7 Å². The second-order valence-corrected chi connectivity index (χ2v) is 5.86. The summed E-state index contributed by atoms with van der Waals surface area (Å²) in [6, 6.07) is 18.5. The highest BCUT2D eigenvalue weighted by Crippen LogP contribution is 2.13. The Morgan fingerprint density at radius 1 is 0.923 bits per heavy atom. The fourth-order valence-corrected chi connectivity index (χ4v) is 2.48. The van der Waals surface area contributed by atoms with Crippen LogP contribution in [-0.4, -0.2) is 32.8 Å². The lowest BCUT2D eigenvalue weighted by Gasteiger charge is -2.12. The van der Waals surface area contributed by atoms with E-state index in [1.807, 2.05) is 30.3 Å². The number of nitrogens with zero attached hydrogens (tertiary/aromatic N) is 1. The van der Waals surface area contributed by atoms with Gasteiger partial charge in [0.25, 0.3) is 0 Å². The van der Waals surface area contributed by atoms with Crippen LogP contribution in [0, 0.1) is 0 Å². The first-order chi connectivity index (χ1) is 12.8. The van der Waals surface area contributed by atoms with Crippen LogP contribution >= 0.6 is 0 Å². The van der Waals surface area contributed by atoms with Gasteiger partial charge in [0.15, 0.2) is 5.96 Å². The van der Waals surface area contributed by atoms with Gasteiger partial charge in [-0.25, -0.2) is 4.99 Å². The summed E-state index contributed by atoms with van der Waals surface area (Å²) in [6.45, 7) is 6.04. The van der Waals surface area contributed by atoms with Gasteiger partial charge in [-0.3, -0.25) is 0 Å². The van der Waals surface area contributed by atoms with Crippen molar-refractivity contribution < 1.29 is 9.47 Å². The predicted molar refractivity (Wildman–Crippen MR) is 106 cm³/mol. The number of hydrogen-bond donors (Lipinski definition) is 2. The zero-order chi connectivity index (χ0) is 18.5. The molecule has 0 aliphatic carbocycles. The molecule has 5 heteroatoms. The van der Waals surface area contributed by atoms with Gasteiger partial charge >= 0.3 is 0 Å². The van der Waals surface area contributed by atoms with E-state index in [9.17, 15) is 0 Å². The van der Waals surface area contributed by atoms with E-state index in [4.69, 9.17) is 9.47 Å². The van der Waals surface area contributed by atoms with Crippen molar-refractivity contribution in [1.29, 1.82) is 0 Å². The van der Waals surface area contributed by atoms with Crippen molar-refractivity contribution in [3.8, 4) is 0 Å². The summed E-state index contributed by atoms with van der Waals surface area (Å²) >= 11 is 0. The van der Waals surface area contributed by atoms with Crippen LogP contribution < -0.4 is 10.6 Å². The monoisotopic (exact) mass is 355 g/mol. The maximum Gasteiger partial charge on any atom is 0.191 e. The number of guanidine groups is 1. The minimum absolute atomic E-state index is 0.578. The van der Waals surface area contributed by atoms with Crippen LogP contribution in [0.25, 0.3) is 0 Å². The summed E-state index contributed by atoms with van der Waals surface area (Å²) in [5.74, 6) is 0.796. The fourth-order valence-electron chi connectivity index (χ4n) is 2.48. The summed E-state index contributed by atoms with van der Waals surface area (Å²) in [7, 11) is 1.69. The van der Waals surface area contributed by atoms with E-state index in [1.54, 1.807) is 7.11 Å². The van der Waals surface area contributed by atoms with Crippen LogP contribution in [0.4, 0.5) is 0 Å². The number of rotatable bonds is 10. The van der Waals surface area contributed by atoms with Crippen LogP contribution in [0.1, 0.15) is 23.6 Å². The Morgan fingerprint density at radius 2 is 1.65 bits per heavy atom. The fraction of sp³-hybridized carbons (Fsp3) is 0.381. The molecule has 0 aliphatic heterocycles. The zero-order valence-electron chi connectivity index (χ0n) is 15.7. The standard InChI is InChI=1S/C21H29N3O2/c1-3-22-21(23-13-14-25-2)24-15-19-11-7-8-12-20(19)17-26-16-18-9-5-4-6-10-18/h4-12H,3,13-17H2,1-2H3,(H2,22,23,24). The maximum atomic E-state index is 5.88. The van der Waals surface area contributed by atoms with Gasteiger partial charge in [0.1, 0.15) is 0 Å². The Hall–Kier alpha value is -2.37. The Balaban J connectivity index is 1.92. The molecule has 0 saturated carbocycles. The Morgan fingerprint density at radius 3 is 2.38 bits per heavy atom. The van der Waals surface area contributed by atoms with E-state index < -0.39 is 0 Å². The molecule has 2 aromatic rings. The van der Waals surface area contributed by atoms with Gasteiger partial charge in [0.2, 0.25) is 0 Å².